The molecule has 9 nitrogen and oxygen atoms in total. The first-order valence-corrected chi connectivity index (χ1v) is 12.5. The molecule has 35 heavy (non-hydrogen) atoms. The van der Waals surface area contributed by atoms with Crippen LogP contribution in [0.5, 0.6) is 5.88 Å². The van der Waals surface area contributed by atoms with E-state index in [9.17, 15) is 9.90 Å². The molecule has 0 aliphatic carbocycles. The Hall–Kier alpha value is -2.94. The summed E-state index contributed by atoms with van der Waals surface area (Å²) in [6, 6.07) is 3.74. The van der Waals surface area contributed by atoms with Gasteiger partial charge in [-0.25, -0.2) is 4.99 Å². The minimum atomic E-state index is -0.263. The maximum Gasteiger partial charge on any atom is 0.226 e. The number of amides is 1. The summed E-state index contributed by atoms with van der Waals surface area (Å²) in [5, 5.41) is 18.2. The molecule has 1 aliphatic heterocycles. The molecule has 1 aromatic heterocycles. The number of nitrogens with zero attached hydrogens (tertiary/aromatic N) is 5. The summed E-state index contributed by atoms with van der Waals surface area (Å²) < 4.78 is 5.58. The number of pyridine rings is 1. The number of ether oxygens (including phenoxy) is 1. The highest BCUT2D eigenvalue weighted by molar-refractivity contribution is 6.06. The van der Waals surface area contributed by atoms with Crippen molar-refractivity contribution in [2.24, 2.45) is 16.0 Å². The molecule has 2 heterocycles. The van der Waals surface area contributed by atoms with Crippen LogP contribution in [0.15, 0.2) is 33.6 Å². The highest BCUT2D eigenvalue weighted by atomic mass is 16.5. The van der Waals surface area contributed by atoms with Crippen LogP contribution in [0.2, 0.25) is 0 Å². The van der Waals surface area contributed by atoms with Crippen LogP contribution in [0.25, 0.3) is 0 Å². The number of carbonyl (C=O) groups excluding carboxylic acids is 1. The van der Waals surface area contributed by atoms with E-state index in [1.54, 1.807) is 19.2 Å². The average molecular weight is 487 g/mol. The molecule has 0 saturated carbocycles. The van der Waals surface area contributed by atoms with Crippen molar-refractivity contribution in [3.05, 3.63) is 29.1 Å². The quantitative estimate of drug-likeness (QED) is 0.144. The van der Waals surface area contributed by atoms with Gasteiger partial charge in [0.15, 0.2) is 0 Å². The van der Waals surface area contributed by atoms with Crippen LogP contribution in [-0.4, -0.2) is 67.4 Å². The van der Waals surface area contributed by atoms with E-state index in [0.717, 1.165) is 37.3 Å². The normalized spacial score (nSPS) is 16.4. The number of methoxy groups -OCH3 is 1. The predicted molar refractivity (Wildman–Crippen MR) is 142 cm³/mol. The third-order valence-corrected chi connectivity index (χ3v) is 6.35. The molecular formula is C26H42N6O3. The first kappa shape index (κ1) is 28.3. The maximum atomic E-state index is 11.5. The number of hydrogen-bond donors (Lipinski definition) is 2. The van der Waals surface area contributed by atoms with Gasteiger partial charge in [-0.2, -0.15) is 10.1 Å². The summed E-state index contributed by atoms with van der Waals surface area (Å²) in [6.07, 6.45) is 7.41. The van der Waals surface area contributed by atoms with Crippen LogP contribution >= 0.6 is 0 Å². The number of aliphatic imine (C=N–C) groups is 1. The fourth-order valence-corrected chi connectivity index (χ4v) is 4.34. The van der Waals surface area contributed by atoms with Crippen molar-refractivity contribution in [2.45, 2.75) is 71.8 Å². The summed E-state index contributed by atoms with van der Waals surface area (Å²) in [5.74, 6) is 2.59. The number of piperidine rings is 1. The number of carbonyl (C=O) groups is 1. The van der Waals surface area contributed by atoms with Gasteiger partial charge in [-0.05, 0) is 49.8 Å². The topological polar surface area (TPSA) is 103 Å². The van der Waals surface area contributed by atoms with Crippen LogP contribution in [0.3, 0.4) is 0 Å². The SMILES string of the molecule is C=NN(C)C(/N=C(\NC=O)c1ccc(N2CCC(O)CC2)nc1OC)=C(/C)CC(C)CCCCC. The summed E-state index contributed by atoms with van der Waals surface area (Å²) in [6.45, 7) is 11.6. The molecule has 0 spiro atoms. The lowest BCUT2D eigenvalue weighted by molar-refractivity contribution is -0.108. The molecule has 1 unspecified atom stereocenters. The van der Waals surface area contributed by atoms with E-state index in [2.05, 4.69) is 40.9 Å². The van der Waals surface area contributed by atoms with Crippen LogP contribution in [0, 0.1) is 5.92 Å². The number of aliphatic hydroxyl groups excluding tert-OH is 1. The Morgan fingerprint density at radius 1 is 1.40 bits per heavy atom. The molecule has 0 aromatic carbocycles. The predicted octanol–water partition coefficient (Wildman–Crippen LogP) is 3.93. The third-order valence-electron chi connectivity index (χ3n) is 6.35. The van der Waals surface area contributed by atoms with Crippen LogP contribution < -0.4 is 15.0 Å². The van der Waals surface area contributed by atoms with E-state index in [1.165, 1.54) is 19.3 Å². The number of amidine groups is 1. The molecule has 1 fully saturated rings. The molecule has 2 rings (SSSR count). The lowest BCUT2D eigenvalue weighted by Gasteiger charge is -2.30. The summed E-state index contributed by atoms with van der Waals surface area (Å²) in [4.78, 5) is 23.1. The van der Waals surface area contributed by atoms with Gasteiger partial charge in [-0.1, -0.05) is 39.5 Å². The fraction of sp³-hybridized carbons (Fsp3) is 0.615. The Labute approximate surface area is 210 Å². The lowest BCUT2D eigenvalue weighted by Crippen LogP contribution is -2.36. The molecule has 194 valence electrons. The molecule has 1 amide bonds. The standard InChI is InChI=1S/C26H42N6O3/c1-7-8-9-10-19(2)17-20(3)25(31(5)27-4)30-24(28-18-33)22-11-12-23(29-26(22)35-6)32-15-13-21(34)14-16-32/h11-12,18-19,21,34H,4,7-10,13-17H2,1-3,5-6H3,(H,28,30,33)/b25-20-. The summed E-state index contributed by atoms with van der Waals surface area (Å²) in [7, 11) is 3.34. The lowest BCUT2D eigenvalue weighted by atomic mass is 9.96. The van der Waals surface area contributed by atoms with Crippen molar-refractivity contribution in [1.29, 1.82) is 0 Å². The van der Waals surface area contributed by atoms with Gasteiger partial charge >= 0.3 is 0 Å². The number of aromatic nitrogens is 1. The second kappa shape index (κ2) is 14.5. The number of rotatable bonds is 13. The zero-order valence-electron chi connectivity index (χ0n) is 22.0. The molecule has 0 radical (unpaired) electrons. The largest absolute Gasteiger partial charge is 0.480 e. The van der Waals surface area contributed by atoms with Gasteiger partial charge in [-0.15, -0.1) is 0 Å². The first-order chi connectivity index (χ1) is 16.8. The van der Waals surface area contributed by atoms with Crippen molar-refractivity contribution in [3.8, 4) is 5.88 Å². The van der Waals surface area contributed by atoms with Crippen LogP contribution in [0.4, 0.5) is 5.82 Å². The van der Waals surface area contributed by atoms with Gasteiger partial charge in [0.25, 0.3) is 0 Å². The highest BCUT2D eigenvalue weighted by Gasteiger charge is 2.21. The monoisotopic (exact) mass is 486 g/mol. The Balaban J connectivity index is 2.40. The zero-order chi connectivity index (χ0) is 25.8. The first-order valence-electron chi connectivity index (χ1n) is 12.5. The Kier molecular flexibility index (Phi) is 11.7. The summed E-state index contributed by atoms with van der Waals surface area (Å²) in [5.41, 5.74) is 1.63. The van der Waals surface area contributed by atoms with Crippen LogP contribution in [-0.2, 0) is 4.79 Å². The number of aliphatic hydroxyl groups is 1. The minimum absolute atomic E-state index is 0.263. The van der Waals surface area contributed by atoms with Crippen molar-refractivity contribution in [3.63, 3.8) is 0 Å². The second-order valence-corrected chi connectivity index (χ2v) is 9.24. The van der Waals surface area contributed by atoms with Crippen molar-refractivity contribution < 1.29 is 14.6 Å². The Morgan fingerprint density at radius 3 is 2.71 bits per heavy atom. The molecule has 0 bridgehead atoms. The van der Waals surface area contributed by atoms with E-state index in [-0.39, 0.29) is 6.10 Å². The molecule has 1 saturated heterocycles. The molecule has 1 aliphatic rings. The highest BCUT2D eigenvalue weighted by Crippen LogP contribution is 2.26. The van der Waals surface area contributed by atoms with E-state index >= 15 is 0 Å². The van der Waals surface area contributed by atoms with Crippen molar-refractivity contribution in [2.75, 3.05) is 32.1 Å². The van der Waals surface area contributed by atoms with Crippen molar-refractivity contribution >= 4 is 24.8 Å². The second-order valence-electron chi connectivity index (χ2n) is 9.24. The van der Waals surface area contributed by atoms with Crippen molar-refractivity contribution in [1.82, 2.24) is 15.3 Å². The van der Waals surface area contributed by atoms with E-state index in [4.69, 9.17) is 9.73 Å². The van der Waals surface area contributed by atoms with Gasteiger partial charge in [0.1, 0.15) is 17.5 Å². The number of nitrogens with one attached hydrogen (secondary N) is 1. The van der Waals surface area contributed by atoms with E-state index in [0.29, 0.717) is 48.3 Å². The minimum Gasteiger partial charge on any atom is -0.480 e. The molecule has 1 aromatic rings. The van der Waals surface area contributed by atoms with Gasteiger partial charge < -0.3 is 20.1 Å². The van der Waals surface area contributed by atoms with Gasteiger partial charge in [0.05, 0.1) is 18.8 Å². The maximum absolute atomic E-state index is 11.5. The molecule has 9 heteroatoms. The van der Waals surface area contributed by atoms with E-state index in [1.807, 2.05) is 19.1 Å². The van der Waals surface area contributed by atoms with Crippen LogP contribution in [0.1, 0.15) is 71.3 Å². The smallest absolute Gasteiger partial charge is 0.226 e. The zero-order valence-corrected chi connectivity index (χ0v) is 22.0. The Morgan fingerprint density at radius 2 is 2.11 bits per heavy atom. The fourth-order valence-electron chi connectivity index (χ4n) is 4.34. The van der Waals surface area contributed by atoms with Gasteiger partial charge in [0.2, 0.25) is 12.3 Å². The Bertz CT molecular complexity index is 893. The molecule has 1 atom stereocenters. The number of allylic oxidation sites excluding steroid dienone is 1. The number of unbranched alkanes of at least 4 members (excludes halogenated alkanes) is 2. The van der Waals surface area contributed by atoms with Gasteiger partial charge in [-0.3, -0.25) is 9.80 Å². The average Bonchev–Trinajstić information content (AvgIpc) is 2.86. The molecule has 2 N–H and O–H groups in total. The number of anilines is 1. The number of hydrazone groups is 1. The number of hydrogen-bond acceptors (Lipinski definition) is 8. The summed E-state index contributed by atoms with van der Waals surface area (Å²) >= 11 is 0. The van der Waals surface area contributed by atoms with Gasteiger partial charge in [0, 0.05) is 26.9 Å². The molecular weight excluding hydrogens is 444 g/mol. The third kappa shape index (κ3) is 8.35. The van der Waals surface area contributed by atoms with E-state index < -0.39 is 0 Å².